The fourth-order valence-corrected chi connectivity index (χ4v) is 2.32. The maximum atomic E-state index is 4.39. The molecule has 0 saturated heterocycles. The monoisotopic (exact) mass is 288 g/mol. The van der Waals surface area contributed by atoms with Crippen molar-refractivity contribution in [3.8, 4) is 0 Å². The van der Waals surface area contributed by atoms with Gasteiger partial charge in [0.1, 0.15) is 0 Å². The molecule has 16 heavy (non-hydrogen) atoms. The van der Waals surface area contributed by atoms with E-state index in [1.165, 1.54) is 5.69 Å². The summed E-state index contributed by atoms with van der Waals surface area (Å²) in [5, 5.41) is 7.81. The van der Waals surface area contributed by atoms with Gasteiger partial charge in [-0.2, -0.15) is 5.10 Å². The highest BCUT2D eigenvalue weighted by Gasteiger charge is 2.14. The average molecular weight is 289 g/mol. The van der Waals surface area contributed by atoms with Crippen molar-refractivity contribution in [2.45, 2.75) is 26.4 Å². The maximum absolute atomic E-state index is 4.39. The number of likely N-dealkylation sites (N-methyl/N-ethyl adjacent to an activating group) is 1. The summed E-state index contributed by atoms with van der Waals surface area (Å²) in [5.74, 6) is 0. The number of rotatable bonds is 6. The van der Waals surface area contributed by atoms with Crippen LogP contribution in [-0.2, 0) is 6.54 Å². The van der Waals surface area contributed by atoms with Gasteiger partial charge in [0.15, 0.2) is 0 Å². The molecule has 1 N–H and O–H groups in total. The van der Waals surface area contributed by atoms with Crippen molar-refractivity contribution in [3.05, 3.63) is 16.4 Å². The Hall–Kier alpha value is -0.390. The second-order valence-electron chi connectivity index (χ2n) is 4.18. The number of nitrogens with zero attached hydrogens (tertiary/aromatic N) is 3. The molecular weight excluding hydrogens is 268 g/mol. The van der Waals surface area contributed by atoms with Crippen molar-refractivity contribution in [2.75, 3.05) is 27.2 Å². The normalized spacial score (nSPS) is 13.4. The van der Waals surface area contributed by atoms with Crippen LogP contribution in [-0.4, -0.2) is 41.9 Å². The molecule has 5 heteroatoms. The minimum absolute atomic E-state index is 0.323. The Morgan fingerprint density at radius 1 is 1.56 bits per heavy atom. The first-order valence-corrected chi connectivity index (χ1v) is 6.44. The van der Waals surface area contributed by atoms with E-state index in [9.17, 15) is 0 Å². The highest BCUT2D eigenvalue weighted by molar-refractivity contribution is 9.10. The Kier molecular flexibility index (Phi) is 5.44. The van der Waals surface area contributed by atoms with Gasteiger partial charge in [-0.15, -0.1) is 0 Å². The third-order valence-corrected chi connectivity index (χ3v) is 3.12. The summed E-state index contributed by atoms with van der Waals surface area (Å²) in [4.78, 5) is 2.16. The predicted octanol–water partition coefficient (Wildman–Crippen LogP) is 1.88. The van der Waals surface area contributed by atoms with E-state index < -0.39 is 0 Å². The Morgan fingerprint density at radius 3 is 2.81 bits per heavy atom. The van der Waals surface area contributed by atoms with Crippen LogP contribution in [0.1, 0.15) is 25.6 Å². The van der Waals surface area contributed by atoms with Crippen LogP contribution < -0.4 is 5.32 Å². The van der Waals surface area contributed by atoms with Gasteiger partial charge in [-0.05, 0) is 43.5 Å². The fraction of sp³-hybridized carbons (Fsp3) is 0.727. The summed E-state index contributed by atoms with van der Waals surface area (Å²) in [7, 11) is 4.15. The molecule has 0 spiro atoms. The van der Waals surface area contributed by atoms with Gasteiger partial charge in [0.05, 0.1) is 22.9 Å². The highest BCUT2D eigenvalue weighted by atomic mass is 79.9. The van der Waals surface area contributed by atoms with Crippen molar-refractivity contribution in [1.82, 2.24) is 20.0 Å². The highest BCUT2D eigenvalue weighted by Crippen LogP contribution is 2.22. The standard InChI is InChI=1S/C11H21BrN4/c1-5-13-9(2)11-10(12)8-14-16(11)7-6-15(3)4/h8-9,13H,5-7H2,1-4H3. The van der Waals surface area contributed by atoms with Crippen molar-refractivity contribution in [1.29, 1.82) is 0 Å². The average Bonchev–Trinajstić information content (AvgIpc) is 2.57. The largest absolute Gasteiger partial charge is 0.309 e. The summed E-state index contributed by atoms with van der Waals surface area (Å²) in [5.41, 5.74) is 1.23. The molecule has 1 unspecified atom stereocenters. The molecule has 1 heterocycles. The first-order chi connectivity index (χ1) is 7.56. The first-order valence-electron chi connectivity index (χ1n) is 5.65. The van der Waals surface area contributed by atoms with Gasteiger partial charge in [-0.25, -0.2) is 0 Å². The molecule has 0 aliphatic carbocycles. The lowest BCUT2D eigenvalue weighted by Gasteiger charge is -2.17. The van der Waals surface area contributed by atoms with E-state index in [0.717, 1.165) is 24.1 Å². The molecule has 1 aromatic heterocycles. The Bertz CT molecular complexity index is 322. The fourth-order valence-electron chi connectivity index (χ4n) is 1.68. The van der Waals surface area contributed by atoms with Gasteiger partial charge >= 0.3 is 0 Å². The molecule has 0 radical (unpaired) electrons. The van der Waals surface area contributed by atoms with E-state index in [1.807, 2.05) is 6.20 Å². The van der Waals surface area contributed by atoms with Crippen molar-refractivity contribution in [3.63, 3.8) is 0 Å². The predicted molar refractivity (Wildman–Crippen MR) is 70.6 cm³/mol. The number of hydrogen-bond donors (Lipinski definition) is 1. The summed E-state index contributed by atoms with van der Waals surface area (Å²) in [6.07, 6.45) is 1.87. The van der Waals surface area contributed by atoms with Crippen LogP contribution >= 0.6 is 15.9 Å². The van der Waals surface area contributed by atoms with Gasteiger partial charge in [0, 0.05) is 12.6 Å². The minimum atomic E-state index is 0.323. The van der Waals surface area contributed by atoms with E-state index in [0.29, 0.717) is 6.04 Å². The SMILES string of the molecule is CCNC(C)c1c(Br)cnn1CCN(C)C. The zero-order valence-electron chi connectivity index (χ0n) is 10.5. The van der Waals surface area contributed by atoms with Crippen LogP contribution in [0.4, 0.5) is 0 Å². The molecular formula is C11H21BrN4. The summed E-state index contributed by atoms with van der Waals surface area (Å²) in [6, 6.07) is 0.323. The number of nitrogens with one attached hydrogen (secondary N) is 1. The Morgan fingerprint density at radius 2 is 2.25 bits per heavy atom. The Balaban J connectivity index is 2.76. The van der Waals surface area contributed by atoms with Crippen molar-refractivity contribution >= 4 is 15.9 Å². The third kappa shape index (κ3) is 3.57. The van der Waals surface area contributed by atoms with E-state index in [4.69, 9.17) is 0 Å². The summed E-state index contributed by atoms with van der Waals surface area (Å²) < 4.78 is 3.15. The summed E-state index contributed by atoms with van der Waals surface area (Å²) in [6.45, 7) is 7.17. The van der Waals surface area contributed by atoms with Gasteiger partial charge in [0.25, 0.3) is 0 Å². The second-order valence-corrected chi connectivity index (χ2v) is 5.04. The lowest BCUT2D eigenvalue weighted by molar-refractivity contribution is 0.364. The summed E-state index contributed by atoms with van der Waals surface area (Å²) >= 11 is 3.56. The molecule has 1 atom stereocenters. The quantitative estimate of drug-likeness (QED) is 0.868. The smallest absolute Gasteiger partial charge is 0.0693 e. The minimum Gasteiger partial charge on any atom is -0.309 e. The molecule has 0 saturated carbocycles. The lowest BCUT2D eigenvalue weighted by Crippen LogP contribution is -2.25. The molecule has 0 fully saturated rings. The third-order valence-electron chi connectivity index (χ3n) is 2.51. The van der Waals surface area contributed by atoms with E-state index in [1.54, 1.807) is 0 Å². The molecule has 1 aromatic rings. The van der Waals surface area contributed by atoms with Crippen LogP contribution in [0, 0.1) is 0 Å². The zero-order valence-corrected chi connectivity index (χ0v) is 12.1. The van der Waals surface area contributed by atoms with Crippen molar-refractivity contribution in [2.24, 2.45) is 0 Å². The molecule has 0 aromatic carbocycles. The number of hydrogen-bond acceptors (Lipinski definition) is 3. The van der Waals surface area contributed by atoms with Crippen molar-refractivity contribution < 1.29 is 0 Å². The molecule has 0 aliphatic rings. The van der Waals surface area contributed by atoms with Gasteiger partial charge < -0.3 is 10.2 Å². The van der Waals surface area contributed by atoms with Crippen LogP contribution in [0.3, 0.4) is 0 Å². The van der Waals surface area contributed by atoms with E-state index in [2.05, 4.69) is 63.9 Å². The molecule has 1 rings (SSSR count). The van der Waals surface area contributed by atoms with Gasteiger partial charge in [0.2, 0.25) is 0 Å². The van der Waals surface area contributed by atoms with E-state index in [-0.39, 0.29) is 0 Å². The van der Waals surface area contributed by atoms with Crippen LogP contribution in [0.2, 0.25) is 0 Å². The maximum Gasteiger partial charge on any atom is 0.0693 e. The van der Waals surface area contributed by atoms with Crippen LogP contribution in [0.5, 0.6) is 0 Å². The molecule has 92 valence electrons. The number of halogens is 1. The second kappa shape index (κ2) is 6.37. The topological polar surface area (TPSA) is 33.1 Å². The Labute approximate surface area is 106 Å². The van der Waals surface area contributed by atoms with Gasteiger partial charge in [-0.3, -0.25) is 4.68 Å². The van der Waals surface area contributed by atoms with Crippen LogP contribution in [0.15, 0.2) is 10.7 Å². The molecule has 4 nitrogen and oxygen atoms in total. The molecule has 0 amide bonds. The van der Waals surface area contributed by atoms with E-state index >= 15 is 0 Å². The molecule has 0 aliphatic heterocycles. The first kappa shape index (κ1) is 13.7. The number of aromatic nitrogens is 2. The van der Waals surface area contributed by atoms with Gasteiger partial charge in [-0.1, -0.05) is 6.92 Å². The van der Waals surface area contributed by atoms with Crippen LogP contribution in [0.25, 0.3) is 0 Å². The zero-order chi connectivity index (χ0) is 12.1. The lowest BCUT2D eigenvalue weighted by atomic mass is 10.2. The molecule has 0 bridgehead atoms.